The molecule has 3 amide bonds. The molecule has 1 saturated heterocycles. The Morgan fingerprint density at radius 2 is 1.22 bits per heavy atom. The SMILES string of the molecule is CCc1cccc(C2(c3cccc(CC)c3CC)NC(=O)NC2=O)c1CC. The predicted molar refractivity (Wildman–Crippen MR) is 108 cm³/mol. The number of benzene rings is 2. The van der Waals surface area contributed by atoms with Gasteiger partial charge in [-0.15, -0.1) is 0 Å². The topological polar surface area (TPSA) is 58.2 Å². The van der Waals surface area contributed by atoms with Crippen LogP contribution in [0.4, 0.5) is 4.79 Å². The van der Waals surface area contributed by atoms with Crippen molar-refractivity contribution < 1.29 is 9.59 Å². The van der Waals surface area contributed by atoms with Crippen LogP contribution in [0, 0.1) is 0 Å². The normalized spacial score (nSPS) is 15.6. The monoisotopic (exact) mass is 364 g/mol. The Morgan fingerprint density at radius 1 is 0.741 bits per heavy atom. The van der Waals surface area contributed by atoms with E-state index in [2.05, 4.69) is 50.5 Å². The number of carbonyl (C=O) groups excluding carboxylic acids is 2. The second-order valence-corrected chi connectivity index (χ2v) is 6.96. The molecule has 0 unspecified atom stereocenters. The molecule has 0 bridgehead atoms. The highest BCUT2D eigenvalue weighted by molar-refractivity contribution is 6.10. The van der Waals surface area contributed by atoms with Gasteiger partial charge >= 0.3 is 6.03 Å². The van der Waals surface area contributed by atoms with Crippen LogP contribution < -0.4 is 10.6 Å². The van der Waals surface area contributed by atoms with Crippen molar-refractivity contribution in [1.82, 2.24) is 10.6 Å². The largest absolute Gasteiger partial charge is 0.322 e. The van der Waals surface area contributed by atoms with Gasteiger partial charge < -0.3 is 5.32 Å². The summed E-state index contributed by atoms with van der Waals surface area (Å²) in [5, 5.41) is 5.50. The van der Waals surface area contributed by atoms with Crippen LogP contribution in [0.5, 0.6) is 0 Å². The van der Waals surface area contributed by atoms with E-state index in [1.165, 1.54) is 11.1 Å². The van der Waals surface area contributed by atoms with Gasteiger partial charge in [0.25, 0.3) is 5.91 Å². The number of hydrogen-bond donors (Lipinski definition) is 2. The first-order chi connectivity index (χ1) is 13.0. The zero-order valence-corrected chi connectivity index (χ0v) is 16.6. The summed E-state index contributed by atoms with van der Waals surface area (Å²) in [4.78, 5) is 25.5. The zero-order chi connectivity index (χ0) is 19.6. The van der Waals surface area contributed by atoms with Crippen molar-refractivity contribution >= 4 is 11.9 Å². The summed E-state index contributed by atoms with van der Waals surface area (Å²) in [6.07, 6.45) is 3.38. The van der Waals surface area contributed by atoms with Crippen LogP contribution in [0.3, 0.4) is 0 Å². The van der Waals surface area contributed by atoms with Gasteiger partial charge in [0.15, 0.2) is 5.54 Å². The number of rotatable bonds is 6. The molecule has 142 valence electrons. The fourth-order valence-corrected chi connectivity index (χ4v) is 4.45. The first-order valence-corrected chi connectivity index (χ1v) is 9.89. The van der Waals surface area contributed by atoms with Gasteiger partial charge in [0.2, 0.25) is 0 Å². The number of amides is 3. The van der Waals surface area contributed by atoms with Crippen molar-refractivity contribution in [2.45, 2.75) is 58.9 Å². The molecule has 0 spiro atoms. The van der Waals surface area contributed by atoms with Crippen molar-refractivity contribution in [1.29, 1.82) is 0 Å². The molecule has 1 aliphatic heterocycles. The third-order valence-electron chi connectivity index (χ3n) is 5.69. The lowest BCUT2D eigenvalue weighted by Crippen LogP contribution is -2.46. The Morgan fingerprint density at radius 3 is 1.56 bits per heavy atom. The zero-order valence-electron chi connectivity index (χ0n) is 16.6. The highest BCUT2D eigenvalue weighted by Crippen LogP contribution is 2.39. The van der Waals surface area contributed by atoms with E-state index in [1.807, 2.05) is 24.3 Å². The average Bonchev–Trinajstić information content (AvgIpc) is 3.00. The molecule has 2 aromatic carbocycles. The quantitative estimate of drug-likeness (QED) is 0.761. The Labute approximate surface area is 161 Å². The molecule has 27 heavy (non-hydrogen) atoms. The number of nitrogens with one attached hydrogen (secondary N) is 2. The summed E-state index contributed by atoms with van der Waals surface area (Å²) in [5.74, 6) is -0.293. The smallest absolute Gasteiger partial charge is 0.316 e. The molecule has 2 aromatic rings. The van der Waals surface area contributed by atoms with Gasteiger partial charge in [-0.1, -0.05) is 64.1 Å². The highest BCUT2D eigenvalue weighted by atomic mass is 16.2. The summed E-state index contributed by atoms with van der Waals surface area (Å²) in [6, 6.07) is 11.7. The lowest BCUT2D eigenvalue weighted by molar-refractivity contribution is -0.122. The number of aryl methyl sites for hydroxylation is 2. The maximum absolute atomic E-state index is 13.2. The molecule has 2 N–H and O–H groups in total. The highest BCUT2D eigenvalue weighted by Gasteiger charge is 2.51. The summed E-state index contributed by atoms with van der Waals surface area (Å²) in [5.41, 5.74) is 5.30. The maximum atomic E-state index is 13.2. The fraction of sp³-hybridized carbons (Fsp3) is 0.391. The van der Waals surface area contributed by atoms with Crippen molar-refractivity contribution in [3.63, 3.8) is 0 Å². The standard InChI is InChI=1S/C23H28N2O2/c1-5-15-11-9-13-19(17(15)7-3)23(21(26)24-22(27)25-23)20-14-10-12-16(6-2)18(20)8-4/h9-14H,5-8H2,1-4H3,(H2,24,25,26,27). The number of hydrogen-bond acceptors (Lipinski definition) is 2. The lowest BCUT2D eigenvalue weighted by Gasteiger charge is -2.32. The average molecular weight is 364 g/mol. The number of carbonyl (C=O) groups is 2. The Hall–Kier alpha value is -2.62. The summed E-state index contributed by atoms with van der Waals surface area (Å²) in [7, 11) is 0. The minimum atomic E-state index is -1.18. The molecule has 3 rings (SSSR count). The van der Waals surface area contributed by atoms with Crippen LogP contribution in [0.15, 0.2) is 36.4 Å². The summed E-state index contributed by atoms with van der Waals surface area (Å²) < 4.78 is 0. The second-order valence-electron chi connectivity index (χ2n) is 6.96. The van der Waals surface area contributed by atoms with E-state index in [1.54, 1.807) is 0 Å². The van der Waals surface area contributed by atoms with E-state index in [4.69, 9.17) is 0 Å². The van der Waals surface area contributed by atoms with Crippen LogP contribution >= 0.6 is 0 Å². The number of urea groups is 1. The molecule has 0 aliphatic carbocycles. The minimum absolute atomic E-state index is 0.293. The van der Waals surface area contributed by atoms with Crippen LogP contribution in [-0.4, -0.2) is 11.9 Å². The third-order valence-corrected chi connectivity index (χ3v) is 5.69. The molecular weight excluding hydrogens is 336 g/mol. The van der Waals surface area contributed by atoms with E-state index >= 15 is 0 Å². The van der Waals surface area contributed by atoms with Crippen molar-refractivity contribution in [3.8, 4) is 0 Å². The van der Waals surface area contributed by atoms with Crippen molar-refractivity contribution in [3.05, 3.63) is 69.8 Å². The van der Waals surface area contributed by atoms with Crippen molar-refractivity contribution in [2.24, 2.45) is 0 Å². The first-order valence-electron chi connectivity index (χ1n) is 9.89. The molecule has 0 radical (unpaired) electrons. The Kier molecular flexibility index (Phi) is 5.36. The van der Waals surface area contributed by atoms with Gasteiger partial charge in [-0.05, 0) is 59.1 Å². The van der Waals surface area contributed by atoms with Crippen LogP contribution in [0.1, 0.15) is 61.1 Å². The predicted octanol–water partition coefficient (Wildman–Crippen LogP) is 4.02. The molecular formula is C23H28N2O2. The van der Waals surface area contributed by atoms with Crippen LogP contribution in [0.25, 0.3) is 0 Å². The molecule has 1 heterocycles. The Bertz CT molecular complexity index is 830. The van der Waals surface area contributed by atoms with E-state index in [9.17, 15) is 9.59 Å². The van der Waals surface area contributed by atoms with Gasteiger partial charge in [0, 0.05) is 0 Å². The molecule has 4 nitrogen and oxygen atoms in total. The molecule has 1 aliphatic rings. The molecule has 4 heteroatoms. The van der Waals surface area contributed by atoms with Gasteiger partial charge in [0.05, 0.1) is 0 Å². The first kappa shape index (κ1) is 19.2. The molecule has 0 aromatic heterocycles. The third kappa shape index (κ3) is 2.93. The van der Waals surface area contributed by atoms with E-state index < -0.39 is 11.6 Å². The summed E-state index contributed by atoms with van der Waals surface area (Å²) in [6.45, 7) is 8.44. The molecule has 1 fully saturated rings. The van der Waals surface area contributed by atoms with Gasteiger partial charge in [-0.3, -0.25) is 10.1 Å². The van der Waals surface area contributed by atoms with E-state index in [-0.39, 0.29) is 5.91 Å². The minimum Gasteiger partial charge on any atom is -0.316 e. The van der Waals surface area contributed by atoms with Crippen LogP contribution in [-0.2, 0) is 36.0 Å². The van der Waals surface area contributed by atoms with E-state index in [0.717, 1.165) is 47.9 Å². The fourth-order valence-electron chi connectivity index (χ4n) is 4.45. The summed E-state index contributed by atoms with van der Waals surface area (Å²) >= 11 is 0. The lowest BCUT2D eigenvalue weighted by atomic mass is 9.75. The Balaban J connectivity index is 2.39. The van der Waals surface area contributed by atoms with Crippen molar-refractivity contribution in [2.75, 3.05) is 0 Å². The van der Waals surface area contributed by atoms with E-state index in [0.29, 0.717) is 0 Å². The van der Waals surface area contributed by atoms with Gasteiger partial charge in [-0.2, -0.15) is 0 Å². The molecule has 0 atom stereocenters. The number of imide groups is 1. The van der Waals surface area contributed by atoms with Crippen LogP contribution in [0.2, 0.25) is 0 Å². The molecule has 0 saturated carbocycles. The van der Waals surface area contributed by atoms with Gasteiger partial charge in [-0.25, -0.2) is 4.79 Å². The van der Waals surface area contributed by atoms with Gasteiger partial charge in [0.1, 0.15) is 0 Å². The maximum Gasteiger partial charge on any atom is 0.322 e. The second kappa shape index (κ2) is 7.55.